The monoisotopic (exact) mass is 554 g/mol. The Balaban J connectivity index is 1.38. The van der Waals surface area contributed by atoms with Crippen molar-refractivity contribution in [1.82, 2.24) is 25.8 Å². The number of hydrogen-bond acceptors (Lipinski definition) is 9. The predicted octanol–water partition coefficient (Wildman–Crippen LogP) is 3.64. The van der Waals surface area contributed by atoms with Crippen molar-refractivity contribution in [3.05, 3.63) is 77.5 Å². The van der Waals surface area contributed by atoms with Crippen LogP contribution in [0.4, 0.5) is 30.2 Å². The van der Waals surface area contributed by atoms with Crippen LogP contribution in [-0.4, -0.2) is 61.1 Å². The van der Waals surface area contributed by atoms with Crippen molar-refractivity contribution < 1.29 is 22.7 Å². The molecule has 0 spiro atoms. The van der Waals surface area contributed by atoms with Gasteiger partial charge in [0.25, 0.3) is 5.91 Å². The summed E-state index contributed by atoms with van der Waals surface area (Å²) in [5, 5.41) is 4.29. The number of hydrogen-bond donors (Lipinski definition) is 3. The van der Waals surface area contributed by atoms with Crippen LogP contribution in [0.3, 0.4) is 0 Å². The topological polar surface area (TPSA) is 97.9 Å². The van der Waals surface area contributed by atoms with E-state index in [4.69, 9.17) is 4.74 Å². The lowest BCUT2D eigenvalue weighted by Gasteiger charge is -2.34. The van der Waals surface area contributed by atoms with Gasteiger partial charge in [0, 0.05) is 61.7 Å². The molecule has 5 rings (SSSR count). The van der Waals surface area contributed by atoms with Crippen LogP contribution in [0.25, 0.3) is 5.70 Å². The van der Waals surface area contributed by atoms with Gasteiger partial charge in [0.2, 0.25) is 0 Å². The molecule has 1 amide bonds. The van der Waals surface area contributed by atoms with Gasteiger partial charge in [0.05, 0.1) is 41.5 Å². The number of aromatic nitrogens is 2. The molecule has 4 heterocycles. The number of nitrogens with zero attached hydrogens (tertiary/aromatic N) is 5. The molecule has 1 aromatic carbocycles. The number of alkyl halides is 3. The highest BCUT2D eigenvalue weighted by molar-refractivity contribution is 6.05. The highest BCUT2D eigenvalue weighted by Gasteiger charge is 2.32. The van der Waals surface area contributed by atoms with Gasteiger partial charge in [-0.15, -0.1) is 5.53 Å². The first-order valence-electron chi connectivity index (χ1n) is 12.6. The average Bonchev–Trinajstić information content (AvgIpc) is 3.43. The number of halogens is 3. The summed E-state index contributed by atoms with van der Waals surface area (Å²) in [5.41, 5.74) is 8.58. The Morgan fingerprint density at radius 3 is 2.55 bits per heavy atom. The molecule has 0 saturated carbocycles. The van der Waals surface area contributed by atoms with Crippen LogP contribution in [0.15, 0.2) is 55.1 Å². The number of aryl methyl sites for hydroxylation is 1. The Bertz CT molecular complexity index is 1440. The van der Waals surface area contributed by atoms with E-state index in [0.29, 0.717) is 41.6 Å². The lowest BCUT2D eigenvalue weighted by Crippen LogP contribution is -2.44. The van der Waals surface area contributed by atoms with Crippen LogP contribution in [0, 0.1) is 6.92 Å². The van der Waals surface area contributed by atoms with E-state index >= 15 is 0 Å². The minimum Gasteiger partial charge on any atom is -0.495 e. The second kappa shape index (κ2) is 11.0. The average molecular weight is 555 g/mol. The molecule has 2 aliphatic rings. The summed E-state index contributed by atoms with van der Waals surface area (Å²) in [7, 11) is 3.53. The van der Waals surface area contributed by atoms with Crippen molar-refractivity contribution in [3.63, 3.8) is 0 Å². The van der Waals surface area contributed by atoms with E-state index < -0.39 is 17.6 Å². The third-order valence-corrected chi connectivity index (χ3v) is 6.78. The van der Waals surface area contributed by atoms with Crippen LogP contribution >= 0.6 is 0 Å². The fraction of sp³-hybridized carbons (Fsp3) is 0.296. The smallest absolute Gasteiger partial charge is 0.416 e. The van der Waals surface area contributed by atoms with Crippen molar-refractivity contribution in [2.45, 2.75) is 13.1 Å². The number of carbonyl (C=O) groups is 1. The number of hydrazine groups is 2. The summed E-state index contributed by atoms with van der Waals surface area (Å²) in [6.45, 7) is 4.44. The first-order chi connectivity index (χ1) is 19.1. The van der Waals surface area contributed by atoms with Crippen LogP contribution in [-0.2, 0) is 6.18 Å². The number of rotatable bonds is 6. The number of ether oxygens (including phenoxy) is 1. The molecule has 3 N–H and O–H groups in total. The fourth-order valence-electron chi connectivity index (χ4n) is 4.46. The zero-order valence-corrected chi connectivity index (χ0v) is 22.2. The van der Waals surface area contributed by atoms with E-state index in [1.807, 2.05) is 18.0 Å². The molecule has 0 bridgehead atoms. The van der Waals surface area contributed by atoms with Gasteiger partial charge >= 0.3 is 6.18 Å². The van der Waals surface area contributed by atoms with Crippen molar-refractivity contribution in [1.29, 1.82) is 0 Å². The molecular formula is C27H29F3N8O2. The molecule has 10 nitrogen and oxygen atoms in total. The van der Waals surface area contributed by atoms with E-state index in [1.54, 1.807) is 49.8 Å². The quantitative estimate of drug-likeness (QED) is 0.422. The van der Waals surface area contributed by atoms with Gasteiger partial charge in [-0.05, 0) is 44.3 Å². The van der Waals surface area contributed by atoms with Crippen LogP contribution < -0.4 is 30.9 Å². The number of methoxy groups -OCH3 is 1. The molecule has 13 heteroatoms. The maximum absolute atomic E-state index is 13.7. The van der Waals surface area contributed by atoms with Crippen LogP contribution in [0.2, 0.25) is 0 Å². The number of anilines is 3. The van der Waals surface area contributed by atoms with Crippen molar-refractivity contribution in [2.75, 3.05) is 55.6 Å². The highest BCUT2D eigenvalue weighted by atomic mass is 19.4. The van der Waals surface area contributed by atoms with Gasteiger partial charge in [0.1, 0.15) is 5.75 Å². The lowest BCUT2D eigenvalue weighted by atomic mass is 10.1. The molecule has 210 valence electrons. The second-order valence-corrected chi connectivity index (χ2v) is 9.60. The maximum atomic E-state index is 13.7. The summed E-state index contributed by atoms with van der Waals surface area (Å²) in [5.74, 6) is 0.0197. The number of pyridine rings is 2. The minimum atomic E-state index is -4.56. The third kappa shape index (κ3) is 5.95. The van der Waals surface area contributed by atoms with Crippen LogP contribution in [0.1, 0.15) is 27.2 Å². The van der Waals surface area contributed by atoms with E-state index in [0.717, 1.165) is 30.8 Å². The van der Waals surface area contributed by atoms with E-state index in [1.165, 1.54) is 6.20 Å². The Morgan fingerprint density at radius 2 is 1.82 bits per heavy atom. The van der Waals surface area contributed by atoms with E-state index in [-0.39, 0.29) is 11.3 Å². The van der Waals surface area contributed by atoms with Gasteiger partial charge < -0.3 is 25.3 Å². The van der Waals surface area contributed by atoms with Gasteiger partial charge in [-0.3, -0.25) is 19.8 Å². The zero-order valence-electron chi connectivity index (χ0n) is 22.2. The van der Waals surface area contributed by atoms with Gasteiger partial charge in [-0.2, -0.15) is 13.2 Å². The summed E-state index contributed by atoms with van der Waals surface area (Å²) in [4.78, 5) is 25.7. The molecule has 2 aliphatic heterocycles. The lowest BCUT2D eigenvalue weighted by molar-refractivity contribution is -0.137. The molecule has 0 aliphatic carbocycles. The fourth-order valence-corrected chi connectivity index (χ4v) is 4.46. The van der Waals surface area contributed by atoms with Crippen molar-refractivity contribution in [3.8, 4) is 5.75 Å². The first kappa shape index (κ1) is 27.2. The Morgan fingerprint density at radius 1 is 1.05 bits per heavy atom. The molecule has 1 saturated heterocycles. The number of piperazine rings is 1. The van der Waals surface area contributed by atoms with E-state index in [9.17, 15) is 18.0 Å². The van der Waals surface area contributed by atoms with Gasteiger partial charge in [-0.25, -0.2) is 0 Å². The normalized spacial score (nSPS) is 16.0. The zero-order chi connectivity index (χ0) is 28.4. The standard InChI is InChI=1S/C27H29F3N8O2/c1-17-25(38-16-24(34-35-38)18-8-23(40-3)15-31-13-18)9-19(14-32-17)26(39)33-21-10-20(27(28,29)30)11-22(12-21)37-6-4-36(2)5-7-37/h8-16,34-35H,4-7H2,1-3H3,(H,33,39). The molecule has 40 heavy (non-hydrogen) atoms. The number of likely N-dealkylation sites (N-methyl/N-ethyl adjacent to an activating group) is 1. The Hall–Kier alpha value is -4.36. The molecule has 0 unspecified atom stereocenters. The summed E-state index contributed by atoms with van der Waals surface area (Å²) >= 11 is 0. The summed E-state index contributed by atoms with van der Waals surface area (Å²) < 4.78 is 46.4. The first-order valence-corrected chi connectivity index (χ1v) is 12.6. The largest absolute Gasteiger partial charge is 0.495 e. The van der Waals surface area contributed by atoms with Gasteiger partial charge in [-0.1, -0.05) is 0 Å². The Kier molecular flexibility index (Phi) is 7.50. The number of carbonyl (C=O) groups excluding carboxylic acids is 1. The highest BCUT2D eigenvalue weighted by Crippen LogP contribution is 2.35. The van der Waals surface area contributed by atoms with E-state index in [2.05, 4.69) is 31.1 Å². The molecule has 0 atom stereocenters. The molecular weight excluding hydrogens is 525 g/mol. The second-order valence-electron chi connectivity index (χ2n) is 9.60. The van der Waals surface area contributed by atoms with Crippen molar-refractivity contribution in [2.24, 2.45) is 0 Å². The van der Waals surface area contributed by atoms with Gasteiger partial charge in [0.15, 0.2) is 0 Å². The molecule has 0 radical (unpaired) electrons. The summed E-state index contributed by atoms with van der Waals surface area (Å²) in [6, 6.07) is 7.08. The summed E-state index contributed by atoms with van der Waals surface area (Å²) in [6.07, 6.45) is 1.88. The molecule has 2 aromatic heterocycles. The number of benzene rings is 1. The molecule has 3 aromatic rings. The SMILES string of the molecule is COc1cncc(C2=CN(c3cc(C(=O)Nc4cc(N5CCN(C)CC5)cc(C(F)(F)F)c4)cnc3C)NN2)c1. The van der Waals surface area contributed by atoms with Crippen molar-refractivity contribution >= 4 is 28.7 Å². The minimum absolute atomic E-state index is 0.0598. The molecule has 1 fully saturated rings. The predicted molar refractivity (Wildman–Crippen MR) is 146 cm³/mol. The maximum Gasteiger partial charge on any atom is 0.416 e. The number of nitrogens with one attached hydrogen (secondary N) is 3. The Labute approximate surface area is 229 Å². The number of amides is 1. The van der Waals surface area contributed by atoms with Crippen LogP contribution in [0.5, 0.6) is 5.75 Å². The third-order valence-electron chi connectivity index (χ3n) is 6.78.